The molecule has 0 unspecified atom stereocenters. The molecule has 0 aliphatic rings. The molecule has 4 nitrogen and oxygen atoms in total. The average molecular weight is 252 g/mol. The maximum Gasteiger partial charge on any atom is 0.178 e. The maximum atomic E-state index is 5.55. The molecule has 2 aromatic heterocycles. The molecule has 1 aromatic carbocycles. The van der Waals surface area contributed by atoms with Crippen LogP contribution in [0.2, 0.25) is 0 Å². The van der Waals surface area contributed by atoms with Crippen LogP contribution in [0, 0.1) is 6.92 Å². The lowest BCUT2D eigenvalue weighted by atomic mass is 10.1. The van der Waals surface area contributed by atoms with Gasteiger partial charge in [-0.1, -0.05) is 24.3 Å². The summed E-state index contributed by atoms with van der Waals surface area (Å²) in [7, 11) is 0. The van der Waals surface area contributed by atoms with Gasteiger partial charge in [0.15, 0.2) is 5.65 Å². The molecule has 3 rings (SSSR count). The Kier molecular flexibility index (Phi) is 3.01. The normalized spacial score (nSPS) is 11.1. The summed E-state index contributed by atoms with van der Waals surface area (Å²) in [5.41, 5.74) is 10.7. The number of nitrogens with zero attached hydrogens (tertiary/aromatic N) is 2. The fourth-order valence-corrected chi connectivity index (χ4v) is 2.14. The van der Waals surface area contributed by atoms with Crippen molar-refractivity contribution in [1.29, 1.82) is 0 Å². The molecule has 3 N–H and O–H groups in total. The second-order valence-electron chi connectivity index (χ2n) is 4.70. The van der Waals surface area contributed by atoms with Crippen LogP contribution in [0.15, 0.2) is 36.5 Å². The number of hydrogen-bond acceptors (Lipinski definition) is 3. The van der Waals surface area contributed by atoms with E-state index in [0.717, 1.165) is 34.5 Å². The van der Waals surface area contributed by atoms with Gasteiger partial charge >= 0.3 is 0 Å². The SMILES string of the molecule is Cc1cnc2nc(-c3ccc(CCN)cc3)[nH]c2c1. The first kappa shape index (κ1) is 11.9. The van der Waals surface area contributed by atoms with Crippen molar-refractivity contribution in [3.05, 3.63) is 47.7 Å². The van der Waals surface area contributed by atoms with Gasteiger partial charge in [-0.3, -0.25) is 0 Å². The fourth-order valence-electron chi connectivity index (χ4n) is 2.14. The molecule has 96 valence electrons. The number of aromatic nitrogens is 3. The molecule has 0 radical (unpaired) electrons. The minimum Gasteiger partial charge on any atom is -0.337 e. The number of H-pyrrole nitrogens is 1. The molecular formula is C15H16N4. The van der Waals surface area contributed by atoms with E-state index in [1.54, 1.807) is 0 Å². The monoisotopic (exact) mass is 252 g/mol. The molecule has 0 saturated carbocycles. The smallest absolute Gasteiger partial charge is 0.178 e. The first-order chi connectivity index (χ1) is 9.26. The average Bonchev–Trinajstić information content (AvgIpc) is 2.83. The van der Waals surface area contributed by atoms with Gasteiger partial charge in [-0.05, 0) is 37.1 Å². The van der Waals surface area contributed by atoms with Gasteiger partial charge in [0, 0.05) is 11.8 Å². The minimum atomic E-state index is 0.674. The first-order valence-electron chi connectivity index (χ1n) is 6.38. The van der Waals surface area contributed by atoms with Crippen molar-refractivity contribution in [3.63, 3.8) is 0 Å². The Morgan fingerprint density at radius 1 is 1.21 bits per heavy atom. The summed E-state index contributed by atoms with van der Waals surface area (Å²) < 4.78 is 0. The van der Waals surface area contributed by atoms with Crippen molar-refractivity contribution in [2.24, 2.45) is 5.73 Å². The number of pyridine rings is 1. The lowest BCUT2D eigenvalue weighted by Gasteiger charge is -2.00. The molecular weight excluding hydrogens is 236 g/mol. The number of hydrogen-bond donors (Lipinski definition) is 2. The lowest BCUT2D eigenvalue weighted by Crippen LogP contribution is -2.02. The fraction of sp³-hybridized carbons (Fsp3) is 0.200. The Morgan fingerprint density at radius 2 is 2.00 bits per heavy atom. The number of fused-ring (bicyclic) bond motifs is 1. The Balaban J connectivity index is 1.99. The molecule has 0 saturated heterocycles. The zero-order valence-electron chi connectivity index (χ0n) is 10.9. The molecule has 0 aliphatic carbocycles. The van der Waals surface area contributed by atoms with Crippen LogP contribution < -0.4 is 5.73 Å². The molecule has 0 bridgehead atoms. The summed E-state index contributed by atoms with van der Waals surface area (Å²) in [6, 6.07) is 10.4. The molecule has 2 heterocycles. The van der Waals surface area contributed by atoms with E-state index in [-0.39, 0.29) is 0 Å². The van der Waals surface area contributed by atoms with Crippen molar-refractivity contribution in [2.45, 2.75) is 13.3 Å². The van der Waals surface area contributed by atoms with Gasteiger partial charge in [-0.25, -0.2) is 9.97 Å². The second-order valence-corrected chi connectivity index (χ2v) is 4.70. The van der Waals surface area contributed by atoms with Crippen LogP contribution in [0.4, 0.5) is 0 Å². The molecule has 0 fully saturated rings. The van der Waals surface area contributed by atoms with Crippen LogP contribution in [0.1, 0.15) is 11.1 Å². The highest BCUT2D eigenvalue weighted by molar-refractivity contribution is 5.76. The summed E-state index contributed by atoms with van der Waals surface area (Å²) in [5.74, 6) is 0.854. The third-order valence-corrected chi connectivity index (χ3v) is 3.13. The third-order valence-electron chi connectivity index (χ3n) is 3.13. The molecule has 4 heteroatoms. The number of rotatable bonds is 3. The Labute approximate surface area is 111 Å². The van der Waals surface area contributed by atoms with E-state index in [4.69, 9.17) is 5.73 Å². The van der Waals surface area contributed by atoms with Crippen molar-refractivity contribution in [2.75, 3.05) is 6.54 Å². The number of aromatic amines is 1. The Hall–Kier alpha value is -2.20. The molecule has 0 aliphatic heterocycles. The van der Waals surface area contributed by atoms with Crippen LogP contribution in [-0.2, 0) is 6.42 Å². The van der Waals surface area contributed by atoms with Gasteiger partial charge in [0.2, 0.25) is 0 Å². The predicted octanol–water partition coefficient (Wildman–Crippen LogP) is 2.43. The van der Waals surface area contributed by atoms with Gasteiger partial charge in [0.25, 0.3) is 0 Å². The molecule has 0 atom stereocenters. The van der Waals surface area contributed by atoms with Gasteiger partial charge in [0.05, 0.1) is 5.52 Å². The van der Waals surface area contributed by atoms with E-state index in [1.165, 1.54) is 5.56 Å². The first-order valence-corrected chi connectivity index (χ1v) is 6.38. The molecule has 19 heavy (non-hydrogen) atoms. The molecule has 3 aromatic rings. The van der Waals surface area contributed by atoms with Crippen molar-refractivity contribution in [1.82, 2.24) is 15.0 Å². The summed E-state index contributed by atoms with van der Waals surface area (Å²) in [6.45, 7) is 2.70. The number of nitrogens with two attached hydrogens (primary N) is 1. The third kappa shape index (κ3) is 2.35. The van der Waals surface area contributed by atoms with E-state index in [1.807, 2.05) is 13.1 Å². The summed E-state index contributed by atoms with van der Waals surface area (Å²) >= 11 is 0. The van der Waals surface area contributed by atoms with Crippen molar-refractivity contribution < 1.29 is 0 Å². The van der Waals surface area contributed by atoms with Gasteiger partial charge in [-0.15, -0.1) is 0 Å². The van der Waals surface area contributed by atoms with E-state index in [2.05, 4.69) is 45.3 Å². The van der Waals surface area contributed by atoms with Crippen molar-refractivity contribution in [3.8, 4) is 11.4 Å². The number of aryl methyl sites for hydroxylation is 1. The highest BCUT2D eigenvalue weighted by Gasteiger charge is 2.06. The summed E-state index contributed by atoms with van der Waals surface area (Å²) in [6.07, 6.45) is 2.73. The van der Waals surface area contributed by atoms with Crippen LogP contribution in [0.3, 0.4) is 0 Å². The van der Waals surface area contributed by atoms with Crippen LogP contribution in [0.25, 0.3) is 22.6 Å². The van der Waals surface area contributed by atoms with E-state index >= 15 is 0 Å². The number of nitrogens with one attached hydrogen (secondary N) is 1. The Bertz CT molecular complexity index is 698. The second kappa shape index (κ2) is 4.82. The molecule has 0 amide bonds. The minimum absolute atomic E-state index is 0.674. The number of benzene rings is 1. The van der Waals surface area contributed by atoms with E-state index < -0.39 is 0 Å². The maximum absolute atomic E-state index is 5.55. The topological polar surface area (TPSA) is 67.6 Å². The Morgan fingerprint density at radius 3 is 2.74 bits per heavy atom. The van der Waals surface area contributed by atoms with E-state index in [0.29, 0.717) is 6.54 Å². The zero-order valence-corrected chi connectivity index (χ0v) is 10.9. The largest absolute Gasteiger partial charge is 0.337 e. The highest BCUT2D eigenvalue weighted by atomic mass is 15.0. The van der Waals surface area contributed by atoms with Crippen LogP contribution >= 0.6 is 0 Å². The lowest BCUT2D eigenvalue weighted by molar-refractivity contribution is 0.969. The predicted molar refractivity (Wildman–Crippen MR) is 76.8 cm³/mol. The van der Waals surface area contributed by atoms with Gasteiger partial charge in [-0.2, -0.15) is 0 Å². The van der Waals surface area contributed by atoms with Gasteiger partial charge in [0.1, 0.15) is 5.82 Å². The highest BCUT2D eigenvalue weighted by Crippen LogP contribution is 2.20. The zero-order chi connectivity index (χ0) is 13.2. The van der Waals surface area contributed by atoms with Gasteiger partial charge < -0.3 is 10.7 Å². The van der Waals surface area contributed by atoms with Crippen LogP contribution in [0.5, 0.6) is 0 Å². The molecule has 0 spiro atoms. The standard InChI is InChI=1S/C15H16N4/c1-10-8-13-15(17-9-10)19-14(18-13)12-4-2-11(3-5-12)6-7-16/h2-5,8-9H,6-7,16H2,1H3,(H,17,18,19). The summed E-state index contributed by atoms with van der Waals surface area (Å²) in [4.78, 5) is 12.1. The van der Waals surface area contributed by atoms with E-state index in [9.17, 15) is 0 Å². The quantitative estimate of drug-likeness (QED) is 0.752. The number of imidazole rings is 1. The summed E-state index contributed by atoms with van der Waals surface area (Å²) in [5, 5.41) is 0. The van der Waals surface area contributed by atoms with Crippen LogP contribution in [-0.4, -0.2) is 21.5 Å². The van der Waals surface area contributed by atoms with Crippen molar-refractivity contribution >= 4 is 11.2 Å².